The summed E-state index contributed by atoms with van der Waals surface area (Å²) in [6.07, 6.45) is -0.480. The van der Waals surface area contributed by atoms with Gasteiger partial charge in [-0.25, -0.2) is 4.79 Å². The Morgan fingerprint density at radius 2 is 1.76 bits per heavy atom. The maximum atomic E-state index is 11.5. The van der Waals surface area contributed by atoms with Gasteiger partial charge in [0, 0.05) is 0 Å². The van der Waals surface area contributed by atoms with Crippen molar-refractivity contribution >= 4 is 31.7 Å². The Labute approximate surface area is 110 Å². The molecule has 0 aromatic carbocycles. The molecule has 1 unspecified atom stereocenters. The number of hydrogen-bond acceptors (Lipinski definition) is 4. The molecule has 0 aromatic rings. The van der Waals surface area contributed by atoms with Crippen LogP contribution in [0.1, 0.15) is 27.7 Å². The Morgan fingerprint density at radius 3 is 2.12 bits per heavy atom. The fraction of sp³-hybridized carbons (Fsp3) is 0.818. The number of carbonyl (C=O) groups excluding carboxylic acids is 1. The average molecular weight is 277 g/mol. The molecule has 0 spiro atoms. The van der Waals surface area contributed by atoms with E-state index in [4.69, 9.17) is 21.4 Å². The summed E-state index contributed by atoms with van der Waals surface area (Å²) < 4.78 is 10.8. The molecule has 0 heterocycles. The van der Waals surface area contributed by atoms with Crippen LogP contribution in [0.25, 0.3) is 0 Å². The lowest BCUT2D eigenvalue weighted by Gasteiger charge is -2.25. The minimum Gasteiger partial charge on any atom is -0.538 e. The number of amides is 1. The highest BCUT2D eigenvalue weighted by Gasteiger charge is 2.23. The van der Waals surface area contributed by atoms with Gasteiger partial charge in [-0.1, -0.05) is 0 Å². The van der Waals surface area contributed by atoms with Crippen molar-refractivity contribution < 1.29 is 14.0 Å². The van der Waals surface area contributed by atoms with Crippen molar-refractivity contribution in [2.75, 3.05) is 0 Å². The van der Waals surface area contributed by atoms with Crippen LogP contribution in [-0.2, 0) is 9.16 Å². The Bertz CT molecular complexity index is 294. The monoisotopic (exact) mass is 277 g/mol. The van der Waals surface area contributed by atoms with E-state index in [0.717, 1.165) is 0 Å². The van der Waals surface area contributed by atoms with E-state index < -0.39 is 20.0 Å². The molecule has 0 aromatic heterocycles. The fourth-order valence-electron chi connectivity index (χ4n) is 0.933. The summed E-state index contributed by atoms with van der Waals surface area (Å²) in [4.78, 5) is 11.5. The Balaban J connectivity index is 4.22. The van der Waals surface area contributed by atoms with Gasteiger partial charge in [-0.05, 0) is 59.6 Å². The molecular formula is C11H23NO3SSi. The zero-order chi connectivity index (χ0) is 13.9. The number of thiocarbonyl (C=S) groups is 1. The van der Waals surface area contributed by atoms with Crippen molar-refractivity contribution in [1.29, 1.82) is 0 Å². The van der Waals surface area contributed by atoms with Crippen LogP contribution in [0.2, 0.25) is 19.6 Å². The molecule has 0 saturated carbocycles. The minimum absolute atomic E-state index is 0.327. The standard InChI is InChI=1S/C11H23NO3SSi/c1-8(9(16)15-17(5,6)7)12-10(13)14-11(2,3)4/h8H,1-7H3,(H,12,13). The smallest absolute Gasteiger partial charge is 0.408 e. The van der Waals surface area contributed by atoms with Gasteiger partial charge in [0.25, 0.3) is 0 Å². The highest BCUT2D eigenvalue weighted by molar-refractivity contribution is 7.80. The quantitative estimate of drug-likeness (QED) is 0.636. The van der Waals surface area contributed by atoms with Crippen molar-refractivity contribution in [3.8, 4) is 0 Å². The van der Waals surface area contributed by atoms with Crippen molar-refractivity contribution in [2.24, 2.45) is 0 Å². The summed E-state index contributed by atoms with van der Waals surface area (Å²) in [5, 5.41) is 3.07. The van der Waals surface area contributed by atoms with E-state index in [9.17, 15) is 4.79 Å². The molecule has 0 aliphatic rings. The van der Waals surface area contributed by atoms with Crippen LogP contribution >= 0.6 is 12.2 Å². The van der Waals surface area contributed by atoms with Crippen LogP contribution < -0.4 is 5.32 Å². The molecule has 4 nitrogen and oxygen atoms in total. The lowest BCUT2D eigenvalue weighted by Crippen LogP contribution is -2.44. The van der Waals surface area contributed by atoms with Crippen molar-refractivity contribution in [2.45, 2.75) is 59.0 Å². The zero-order valence-electron chi connectivity index (χ0n) is 11.7. The van der Waals surface area contributed by atoms with Crippen molar-refractivity contribution in [3.63, 3.8) is 0 Å². The summed E-state index contributed by atoms with van der Waals surface area (Å²) in [6.45, 7) is 13.3. The van der Waals surface area contributed by atoms with E-state index in [0.29, 0.717) is 5.05 Å². The molecule has 17 heavy (non-hydrogen) atoms. The van der Waals surface area contributed by atoms with E-state index >= 15 is 0 Å². The predicted octanol–water partition coefficient (Wildman–Crippen LogP) is 3.08. The third kappa shape index (κ3) is 9.11. The van der Waals surface area contributed by atoms with Crippen LogP contribution in [0.5, 0.6) is 0 Å². The molecule has 1 N–H and O–H groups in total. The average Bonchev–Trinajstić information content (AvgIpc) is 1.95. The first kappa shape index (κ1) is 16.4. The maximum absolute atomic E-state index is 11.5. The summed E-state index contributed by atoms with van der Waals surface area (Å²) >= 11 is 5.13. The van der Waals surface area contributed by atoms with E-state index in [1.807, 2.05) is 40.4 Å². The maximum Gasteiger partial charge on any atom is 0.408 e. The Hall–Kier alpha value is -0.623. The van der Waals surface area contributed by atoms with Crippen LogP contribution in [0.15, 0.2) is 0 Å². The van der Waals surface area contributed by atoms with Gasteiger partial charge in [-0.2, -0.15) is 0 Å². The fourth-order valence-corrected chi connectivity index (χ4v) is 2.52. The normalized spacial score (nSPS) is 13.8. The van der Waals surface area contributed by atoms with Crippen molar-refractivity contribution in [3.05, 3.63) is 0 Å². The van der Waals surface area contributed by atoms with Gasteiger partial charge < -0.3 is 14.5 Å². The first-order chi connectivity index (χ1) is 7.41. The van der Waals surface area contributed by atoms with Gasteiger partial charge in [0.15, 0.2) is 5.05 Å². The molecule has 1 amide bonds. The van der Waals surface area contributed by atoms with E-state index in [-0.39, 0.29) is 6.04 Å². The van der Waals surface area contributed by atoms with Gasteiger partial charge in [0.1, 0.15) is 5.60 Å². The minimum atomic E-state index is -1.71. The summed E-state index contributed by atoms with van der Waals surface area (Å²) in [7, 11) is -1.71. The lowest BCUT2D eigenvalue weighted by molar-refractivity contribution is 0.0519. The first-order valence-electron chi connectivity index (χ1n) is 5.63. The second-order valence-corrected chi connectivity index (χ2v) is 10.7. The Morgan fingerprint density at radius 1 is 1.29 bits per heavy atom. The molecule has 0 radical (unpaired) electrons. The molecule has 0 rings (SSSR count). The highest BCUT2D eigenvalue weighted by Crippen LogP contribution is 2.09. The van der Waals surface area contributed by atoms with Gasteiger partial charge in [0.05, 0.1) is 6.04 Å². The summed E-state index contributed by atoms with van der Waals surface area (Å²) in [6, 6.07) is -0.327. The third-order valence-electron chi connectivity index (χ3n) is 1.49. The van der Waals surface area contributed by atoms with Crippen LogP contribution in [0, 0.1) is 0 Å². The van der Waals surface area contributed by atoms with E-state index in [1.54, 1.807) is 6.92 Å². The summed E-state index contributed by atoms with van der Waals surface area (Å²) in [5.41, 5.74) is -0.509. The third-order valence-corrected chi connectivity index (χ3v) is 2.91. The molecular weight excluding hydrogens is 254 g/mol. The zero-order valence-corrected chi connectivity index (χ0v) is 13.5. The molecule has 1 atom stereocenters. The first-order valence-corrected chi connectivity index (χ1v) is 9.45. The molecule has 6 heteroatoms. The topological polar surface area (TPSA) is 47.6 Å². The van der Waals surface area contributed by atoms with Gasteiger partial charge in [-0.15, -0.1) is 0 Å². The van der Waals surface area contributed by atoms with Crippen LogP contribution in [0.3, 0.4) is 0 Å². The van der Waals surface area contributed by atoms with Gasteiger partial charge >= 0.3 is 6.09 Å². The predicted molar refractivity (Wildman–Crippen MR) is 75.9 cm³/mol. The Kier molecular flexibility index (Phi) is 5.60. The van der Waals surface area contributed by atoms with Gasteiger partial charge in [-0.3, -0.25) is 0 Å². The number of rotatable bonds is 3. The van der Waals surface area contributed by atoms with Gasteiger partial charge in [0.2, 0.25) is 8.32 Å². The summed E-state index contributed by atoms with van der Waals surface area (Å²) in [5.74, 6) is 0. The highest BCUT2D eigenvalue weighted by atomic mass is 32.1. The van der Waals surface area contributed by atoms with E-state index in [2.05, 4.69) is 5.32 Å². The largest absolute Gasteiger partial charge is 0.538 e. The molecule has 0 aliphatic carbocycles. The molecule has 0 fully saturated rings. The van der Waals surface area contributed by atoms with E-state index in [1.165, 1.54) is 0 Å². The molecule has 0 aliphatic heterocycles. The number of alkyl carbamates (subject to hydrolysis) is 1. The van der Waals surface area contributed by atoms with Crippen LogP contribution in [-0.4, -0.2) is 31.1 Å². The number of carbonyl (C=O) groups is 1. The molecule has 100 valence electrons. The molecule has 0 bridgehead atoms. The SMILES string of the molecule is CC(NC(=O)OC(C)(C)C)C(=S)O[Si](C)(C)C. The lowest BCUT2D eigenvalue weighted by atomic mass is 10.2. The van der Waals surface area contributed by atoms with Crippen LogP contribution in [0.4, 0.5) is 4.79 Å². The van der Waals surface area contributed by atoms with Crippen molar-refractivity contribution in [1.82, 2.24) is 5.32 Å². The second-order valence-electron chi connectivity index (χ2n) is 5.90. The molecule has 0 saturated heterocycles. The number of hydrogen-bond donors (Lipinski definition) is 1. The number of ether oxygens (including phenoxy) is 1. The second kappa shape index (κ2) is 5.82. The number of nitrogens with one attached hydrogen (secondary N) is 1.